The Kier molecular flexibility index (Phi) is 3.17. The van der Waals surface area contributed by atoms with Crippen LogP contribution in [-0.4, -0.2) is 15.2 Å². The fraction of sp³-hybridized carbons (Fsp3) is 0.125. The highest BCUT2D eigenvalue weighted by Crippen LogP contribution is 2.30. The molecule has 5 heteroatoms. The Morgan fingerprint density at radius 3 is 2.52 bits per heavy atom. The minimum absolute atomic E-state index is 0.0843. The summed E-state index contributed by atoms with van der Waals surface area (Å²) in [5.41, 5.74) is 2.82. The van der Waals surface area contributed by atoms with E-state index in [9.17, 15) is 9.50 Å². The molecule has 2 aromatic carbocycles. The van der Waals surface area contributed by atoms with Crippen molar-refractivity contribution < 1.29 is 14.0 Å². The average Bonchev–Trinajstić information content (AvgIpc) is 2.87. The molecule has 21 heavy (non-hydrogen) atoms. The van der Waals surface area contributed by atoms with Gasteiger partial charge < -0.3 is 9.63 Å². The van der Waals surface area contributed by atoms with Gasteiger partial charge in [0.05, 0.1) is 5.56 Å². The van der Waals surface area contributed by atoms with E-state index in [1.807, 2.05) is 13.0 Å². The maximum Gasteiger partial charge on any atom is 0.261 e. The van der Waals surface area contributed by atoms with Crippen molar-refractivity contribution in [2.24, 2.45) is 0 Å². The second-order valence-electron chi connectivity index (χ2n) is 4.90. The minimum atomic E-state index is -0.309. The molecule has 0 atom stereocenters. The molecule has 3 aromatic rings. The predicted octanol–water partition coefficient (Wildman–Crippen LogP) is 3.87. The zero-order valence-corrected chi connectivity index (χ0v) is 11.6. The summed E-state index contributed by atoms with van der Waals surface area (Å²) in [5.74, 6) is 0.367. The Balaban J connectivity index is 2.03. The number of hydrogen-bond acceptors (Lipinski definition) is 4. The van der Waals surface area contributed by atoms with Crippen molar-refractivity contribution in [1.82, 2.24) is 10.1 Å². The second kappa shape index (κ2) is 5.01. The zero-order chi connectivity index (χ0) is 15.0. The number of nitrogens with zero attached hydrogens (tertiary/aromatic N) is 2. The summed E-state index contributed by atoms with van der Waals surface area (Å²) in [6.45, 7) is 3.66. The lowest BCUT2D eigenvalue weighted by atomic mass is 10.1. The third-order valence-corrected chi connectivity index (χ3v) is 3.24. The van der Waals surface area contributed by atoms with E-state index in [1.54, 1.807) is 25.1 Å². The summed E-state index contributed by atoms with van der Waals surface area (Å²) in [4.78, 5) is 4.27. The van der Waals surface area contributed by atoms with Gasteiger partial charge in [-0.2, -0.15) is 4.98 Å². The van der Waals surface area contributed by atoms with Crippen molar-refractivity contribution in [3.8, 4) is 28.6 Å². The molecular formula is C16H13FN2O2. The molecule has 0 saturated heterocycles. The van der Waals surface area contributed by atoms with Gasteiger partial charge in [0.25, 0.3) is 5.89 Å². The first-order chi connectivity index (χ1) is 10.0. The maximum atomic E-state index is 13.1. The number of phenolic OH excluding ortho intramolecular Hbond substituents is 1. The molecule has 3 rings (SSSR count). The lowest BCUT2D eigenvalue weighted by molar-refractivity contribution is 0.425. The molecule has 1 heterocycles. The molecule has 0 aliphatic carbocycles. The number of aryl methyl sites for hydroxylation is 2. The van der Waals surface area contributed by atoms with Crippen LogP contribution in [0.15, 0.2) is 40.9 Å². The van der Waals surface area contributed by atoms with Crippen molar-refractivity contribution in [2.75, 3.05) is 0 Å². The highest BCUT2D eigenvalue weighted by atomic mass is 19.1. The fourth-order valence-electron chi connectivity index (χ4n) is 2.14. The molecule has 0 aliphatic heterocycles. The van der Waals surface area contributed by atoms with Crippen LogP contribution >= 0.6 is 0 Å². The van der Waals surface area contributed by atoms with Gasteiger partial charge in [0.1, 0.15) is 11.6 Å². The summed E-state index contributed by atoms with van der Waals surface area (Å²) >= 11 is 0. The van der Waals surface area contributed by atoms with E-state index in [0.29, 0.717) is 17.0 Å². The average molecular weight is 284 g/mol. The van der Waals surface area contributed by atoms with E-state index >= 15 is 0 Å². The van der Waals surface area contributed by atoms with Crippen molar-refractivity contribution in [3.05, 3.63) is 53.3 Å². The number of aromatic nitrogens is 2. The summed E-state index contributed by atoms with van der Waals surface area (Å²) < 4.78 is 18.3. The molecule has 4 nitrogen and oxygen atoms in total. The molecule has 0 fully saturated rings. The molecule has 0 bridgehead atoms. The van der Waals surface area contributed by atoms with Crippen LogP contribution in [0.4, 0.5) is 4.39 Å². The Bertz CT molecular complexity index is 746. The minimum Gasteiger partial charge on any atom is -0.507 e. The van der Waals surface area contributed by atoms with Gasteiger partial charge in [-0.05, 0) is 55.3 Å². The lowest BCUT2D eigenvalue weighted by Gasteiger charge is -2.01. The van der Waals surface area contributed by atoms with Crippen molar-refractivity contribution in [2.45, 2.75) is 13.8 Å². The lowest BCUT2D eigenvalue weighted by Crippen LogP contribution is -1.87. The molecule has 0 amide bonds. The number of hydrogen-bond donors (Lipinski definition) is 1. The Morgan fingerprint density at radius 2 is 1.81 bits per heavy atom. The van der Waals surface area contributed by atoms with Crippen molar-refractivity contribution in [3.63, 3.8) is 0 Å². The number of phenols is 1. The third-order valence-electron chi connectivity index (χ3n) is 3.24. The summed E-state index contributed by atoms with van der Waals surface area (Å²) in [7, 11) is 0. The van der Waals surface area contributed by atoms with E-state index in [4.69, 9.17) is 4.52 Å². The Labute approximate surface area is 120 Å². The molecule has 0 aliphatic rings. The van der Waals surface area contributed by atoms with E-state index < -0.39 is 0 Å². The molecule has 0 radical (unpaired) electrons. The zero-order valence-electron chi connectivity index (χ0n) is 11.6. The van der Waals surface area contributed by atoms with Crippen molar-refractivity contribution in [1.29, 1.82) is 0 Å². The molecule has 106 valence electrons. The van der Waals surface area contributed by atoms with Gasteiger partial charge in [-0.1, -0.05) is 11.2 Å². The number of aromatic hydroxyl groups is 1. The monoisotopic (exact) mass is 284 g/mol. The first-order valence-electron chi connectivity index (χ1n) is 6.45. The number of benzene rings is 2. The normalized spacial score (nSPS) is 10.8. The van der Waals surface area contributed by atoms with E-state index in [0.717, 1.165) is 11.1 Å². The first kappa shape index (κ1) is 13.3. The van der Waals surface area contributed by atoms with Crippen LogP contribution in [0, 0.1) is 19.7 Å². The van der Waals surface area contributed by atoms with Gasteiger partial charge in [0, 0.05) is 5.56 Å². The van der Waals surface area contributed by atoms with Crippen LogP contribution in [0.25, 0.3) is 22.8 Å². The van der Waals surface area contributed by atoms with Gasteiger partial charge in [-0.25, -0.2) is 4.39 Å². The number of halogens is 1. The topological polar surface area (TPSA) is 59.2 Å². The van der Waals surface area contributed by atoms with Crippen LogP contribution in [-0.2, 0) is 0 Å². The van der Waals surface area contributed by atoms with Crippen LogP contribution in [0.2, 0.25) is 0 Å². The van der Waals surface area contributed by atoms with Gasteiger partial charge in [0.2, 0.25) is 5.82 Å². The molecule has 1 N–H and O–H groups in total. The van der Waals surface area contributed by atoms with Crippen LogP contribution in [0.1, 0.15) is 11.1 Å². The van der Waals surface area contributed by atoms with E-state index in [-0.39, 0.29) is 17.5 Å². The van der Waals surface area contributed by atoms with Gasteiger partial charge in [0.15, 0.2) is 0 Å². The number of rotatable bonds is 2. The maximum absolute atomic E-state index is 13.1. The van der Waals surface area contributed by atoms with Crippen LogP contribution in [0.5, 0.6) is 5.75 Å². The molecular weight excluding hydrogens is 271 g/mol. The molecule has 0 spiro atoms. The van der Waals surface area contributed by atoms with Crippen LogP contribution < -0.4 is 0 Å². The molecule has 0 unspecified atom stereocenters. The second-order valence-corrected chi connectivity index (χ2v) is 4.90. The summed E-state index contributed by atoms with van der Waals surface area (Å²) in [6, 6.07) is 9.56. The summed E-state index contributed by atoms with van der Waals surface area (Å²) in [5, 5.41) is 13.8. The highest BCUT2D eigenvalue weighted by molar-refractivity contribution is 5.66. The smallest absolute Gasteiger partial charge is 0.261 e. The molecule has 0 saturated carbocycles. The quantitative estimate of drug-likeness (QED) is 0.776. The Morgan fingerprint density at radius 1 is 1.05 bits per heavy atom. The van der Waals surface area contributed by atoms with Crippen LogP contribution in [0.3, 0.4) is 0 Å². The Hall–Kier alpha value is -2.69. The predicted molar refractivity (Wildman–Crippen MR) is 76.3 cm³/mol. The third kappa shape index (κ3) is 2.50. The van der Waals surface area contributed by atoms with E-state index in [2.05, 4.69) is 10.1 Å². The van der Waals surface area contributed by atoms with Gasteiger partial charge >= 0.3 is 0 Å². The van der Waals surface area contributed by atoms with Gasteiger partial charge in [-0.15, -0.1) is 0 Å². The standard InChI is InChI=1S/C16H13FN2O2/c1-9-3-5-13(14(20)7-9)16-18-15(19-21-16)12-6-4-11(17)8-10(12)2/h3-8,20H,1-2H3. The highest BCUT2D eigenvalue weighted by Gasteiger charge is 2.15. The van der Waals surface area contributed by atoms with E-state index in [1.165, 1.54) is 12.1 Å². The fourth-order valence-corrected chi connectivity index (χ4v) is 2.14. The van der Waals surface area contributed by atoms with Gasteiger partial charge in [-0.3, -0.25) is 0 Å². The molecule has 1 aromatic heterocycles. The first-order valence-corrected chi connectivity index (χ1v) is 6.45. The SMILES string of the molecule is Cc1ccc(-c2nc(-c3ccc(F)cc3C)no2)c(O)c1. The largest absolute Gasteiger partial charge is 0.507 e. The summed E-state index contributed by atoms with van der Waals surface area (Å²) in [6.07, 6.45) is 0. The van der Waals surface area contributed by atoms with Crippen molar-refractivity contribution >= 4 is 0 Å².